The lowest BCUT2D eigenvalue weighted by Gasteiger charge is -2.20. The Morgan fingerprint density at radius 3 is 2.45 bits per heavy atom. The molecule has 0 aliphatic carbocycles. The summed E-state index contributed by atoms with van der Waals surface area (Å²) in [5, 5.41) is 2.58. The SMILES string of the molecule is COC(=O)c1nc([C@H](C)NC(=O)OC(C)(C)C)oc1C. The first-order valence-corrected chi connectivity index (χ1v) is 6.19. The van der Waals surface area contributed by atoms with E-state index in [0.717, 1.165) is 0 Å². The first-order chi connectivity index (χ1) is 9.14. The molecule has 1 rings (SSSR count). The van der Waals surface area contributed by atoms with Crippen molar-refractivity contribution in [3.8, 4) is 0 Å². The molecule has 7 heteroatoms. The Bertz CT molecular complexity index is 501. The molecule has 7 nitrogen and oxygen atoms in total. The van der Waals surface area contributed by atoms with Crippen LogP contribution >= 0.6 is 0 Å². The number of nitrogens with one attached hydrogen (secondary N) is 1. The molecular weight excluding hydrogens is 264 g/mol. The molecule has 0 saturated carbocycles. The maximum Gasteiger partial charge on any atom is 0.408 e. The second-order valence-corrected chi connectivity index (χ2v) is 5.32. The van der Waals surface area contributed by atoms with Crippen molar-refractivity contribution in [3.05, 3.63) is 17.3 Å². The summed E-state index contributed by atoms with van der Waals surface area (Å²) in [6, 6.07) is -0.526. The average Bonchev–Trinajstić information content (AvgIpc) is 2.67. The molecule has 0 aliphatic rings. The summed E-state index contributed by atoms with van der Waals surface area (Å²) in [4.78, 5) is 27.1. The number of esters is 1. The lowest BCUT2D eigenvalue weighted by Crippen LogP contribution is -2.34. The van der Waals surface area contributed by atoms with Crippen LogP contribution in [0.4, 0.5) is 4.79 Å². The lowest BCUT2D eigenvalue weighted by atomic mass is 10.2. The van der Waals surface area contributed by atoms with Crippen molar-refractivity contribution in [3.63, 3.8) is 0 Å². The summed E-state index contributed by atoms with van der Waals surface area (Å²) >= 11 is 0. The van der Waals surface area contributed by atoms with Crippen molar-refractivity contribution in [2.45, 2.75) is 46.3 Å². The van der Waals surface area contributed by atoms with Gasteiger partial charge in [-0.25, -0.2) is 14.6 Å². The van der Waals surface area contributed by atoms with Gasteiger partial charge < -0.3 is 19.2 Å². The molecule has 0 unspecified atom stereocenters. The van der Waals surface area contributed by atoms with Crippen molar-refractivity contribution in [1.29, 1.82) is 0 Å². The molecule has 0 saturated heterocycles. The quantitative estimate of drug-likeness (QED) is 0.857. The molecule has 1 atom stereocenters. The summed E-state index contributed by atoms with van der Waals surface area (Å²) in [5.41, 5.74) is -0.492. The number of nitrogens with zero attached hydrogens (tertiary/aromatic N) is 1. The van der Waals surface area contributed by atoms with Crippen LogP contribution in [0.15, 0.2) is 4.42 Å². The third-order valence-corrected chi connectivity index (χ3v) is 2.30. The van der Waals surface area contributed by atoms with Crippen molar-refractivity contribution < 1.29 is 23.5 Å². The van der Waals surface area contributed by atoms with Crippen LogP contribution in [-0.4, -0.2) is 29.8 Å². The van der Waals surface area contributed by atoms with Gasteiger partial charge in [-0.05, 0) is 34.6 Å². The number of ether oxygens (including phenoxy) is 2. The Balaban J connectivity index is 2.76. The normalized spacial score (nSPS) is 12.7. The largest absolute Gasteiger partial charge is 0.464 e. The second kappa shape index (κ2) is 5.94. The number of amides is 1. The average molecular weight is 284 g/mol. The number of carbonyl (C=O) groups excluding carboxylic acids is 2. The number of oxazole rings is 1. The molecule has 1 aromatic heterocycles. The fourth-order valence-electron chi connectivity index (χ4n) is 1.43. The predicted octanol–water partition coefficient (Wildman–Crippen LogP) is 2.36. The zero-order valence-corrected chi connectivity index (χ0v) is 12.6. The second-order valence-electron chi connectivity index (χ2n) is 5.32. The molecule has 1 aromatic rings. The number of aryl methyl sites for hydroxylation is 1. The number of alkyl carbamates (subject to hydrolysis) is 1. The van der Waals surface area contributed by atoms with Gasteiger partial charge in [-0.3, -0.25) is 0 Å². The molecule has 20 heavy (non-hydrogen) atoms. The van der Waals surface area contributed by atoms with Crippen LogP contribution in [0.3, 0.4) is 0 Å². The van der Waals surface area contributed by atoms with Crippen LogP contribution < -0.4 is 5.32 Å². The van der Waals surface area contributed by atoms with Gasteiger partial charge in [-0.15, -0.1) is 0 Å². The van der Waals surface area contributed by atoms with Crippen LogP contribution in [0.2, 0.25) is 0 Å². The van der Waals surface area contributed by atoms with E-state index in [9.17, 15) is 9.59 Å². The van der Waals surface area contributed by atoms with Crippen LogP contribution in [0.25, 0.3) is 0 Å². The molecule has 0 bridgehead atoms. The van der Waals surface area contributed by atoms with E-state index < -0.39 is 23.7 Å². The van der Waals surface area contributed by atoms with E-state index in [1.165, 1.54) is 7.11 Å². The number of carbonyl (C=O) groups is 2. The first-order valence-electron chi connectivity index (χ1n) is 6.19. The number of hydrogen-bond acceptors (Lipinski definition) is 6. The monoisotopic (exact) mass is 284 g/mol. The van der Waals surface area contributed by atoms with Crippen LogP contribution in [0.5, 0.6) is 0 Å². The minimum absolute atomic E-state index is 0.0975. The van der Waals surface area contributed by atoms with Gasteiger partial charge in [0.1, 0.15) is 17.4 Å². The lowest BCUT2D eigenvalue weighted by molar-refractivity contribution is 0.0500. The number of hydrogen-bond donors (Lipinski definition) is 1. The fourth-order valence-corrected chi connectivity index (χ4v) is 1.43. The van der Waals surface area contributed by atoms with Crippen molar-refractivity contribution in [2.24, 2.45) is 0 Å². The van der Waals surface area contributed by atoms with E-state index in [2.05, 4.69) is 15.0 Å². The van der Waals surface area contributed by atoms with Crippen molar-refractivity contribution >= 4 is 12.1 Å². The standard InChI is InChI=1S/C13H20N2O5/c1-7(14-12(17)20-13(3,4)5)10-15-9(8(2)19-10)11(16)18-6/h7H,1-6H3,(H,14,17)/t7-/m0/s1. The summed E-state index contributed by atoms with van der Waals surface area (Å²) in [6.07, 6.45) is -0.583. The predicted molar refractivity (Wildman–Crippen MR) is 70.4 cm³/mol. The molecule has 112 valence electrons. The van der Waals surface area contributed by atoms with Crippen LogP contribution in [-0.2, 0) is 9.47 Å². The molecule has 0 spiro atoms. The highest BCUT2D eigenvalue weighted by molar-refractivity contribution is 5.88. The van der Waals surface area contributed by atoms with Crippen LogP contribution in [0, 0.1) is 6.92 Å². The highest BCUT2D eigenvalue weighted by Gasteiger charge is 2.24. The molecule has 0 aromatic carbocycles. The number of aromatic nitrogens is 1. The first kappa shape index (κ1) is 16.0. The Kier molecular flexibility index (Phi) is 4.75. The molecule has 0 fully saturated rings. The smallest absolute Gasteiger partial charge is 0.408 e. The van der Waals surface area contributed by atoms with Gasteiger partial charge in [0.2, 0.25) is 5.89 Å². The van der Waals surface area contributed by atoms with E-state index in [0.29, 0.717) is 5.76 Å². The Morgan fingerprint density at radius 1 is 1.35 bits per heavy atom. The van der Waals surface area contributed by atoms with Crippen molar-refractivity contribution in [2.75, 3.05) is 7.11 Å². The Labute approximate surface area is 117 Å². The zero-order valence-electron chi connectivity index (χ0n) is 12.6. The fraction of sp³-hybridized carbons (Fsp3) is 0.615. The molecule has 1 N–H and O–H groups in total. The van der Waals surface area contributed by atoms with Gasteiger partial charge in [0.25, 0.3) is 0 Å². The topological polar surface area (TPSA) is 90.7 Å². The van der Waals surface area contributed by atoms with Gasteiger partial charge in [-0.1, -0.05) is 0 Å². The zero-order chi connectivity index (χ0) is 15.5. The molecule has 0 radical (unpaired) electrons. The number of rotatable bonds is 3. The minimum atomic E-state index is -0.590. The molecule has 0 aliphatic heterocycles. The van der Waals surface area contributed by atoms with E-state index in [4.69, 9.17) is 9.15 Å². The maximum atomic E-state index is 11.6. The summed E-state index contributed by atoms with van der Waals surface area (Å²) in [6.45, 7) is 8.57. The van der Waals surface area contributed by atoms with E-state index in [1.54, 1.807) is 34.6 Å². The Morgan fingerprint density at radius 2 is 1.95 bits per heavy atom. The Hall–Kier alpha value is -2.05. The third-order valence-electron chi connectivity index (χ3n) is 2.30. The molecule has 1 amide bonds. The van der Waals surface area contributed by atoms with Gasteiger partial charge in [0.05, 0.1) is 7.11 Å². The van der Waals surface area contributed by atoms with E-state index >= 15 is 0 Å². The van der Waals surface area contributed by atoms with Gasteiger partial charge >= 0.3 is 12.1 Å². The molecule has 1 heterocycles. The maximum absolute atomic E-state index is 11.6. The summed E-state index contributed by atoms with van der Waals surface area (Å²) in [5.74, 6) is -0.0274. The third kappa shape index (κ3) is 4.25. The van der Waals surface area contributed by atoms with Crippen LogP contribution in [0.1, 0.15) is 55.9 Å². The van der Waals surface area contributed by atoms with Crippen molar-refractivity contribution in [1.82, 2.24) is 10.3 Å². The highest BCUT2D eigenvalue weighted by atomic mass is 16.6. The molecular formula is C13H20N2O5. The highest BCUT2D eigenvalue weighted by Crippen LogP contribution is 2.18. The van der Waals surface area contributed by atoms with Gasteiger partial charge in [-0.2, -0.15) is 0 Å². The van der Waals surface area contributed by atoms with Gasteiger partial charge in [0.15, 0.2) is 5.69 Å². The van der Waals surface area contributed by atoms with Gasteiger partial charge in [0, 0.05) is 0 Å². The summed E-state index contributed by atoms with van der Waals surface area (Å²) < 4.78 is 15.1. The number of methoxy groups -OCH3 is 1. The minimum Gasteiger partial charge on any atom is -0.464 e. The van der Waals surface area contributed by atoms with E-state index in [1.807, 2.05) is 0 Å². The van der Waals surface area contributed by atoms with E-state index in [-0.39, 0.29) is 11.6 Å². The summed E-state index contributed by atoms with van der Waals surface area (Å²) in [7, 11) is 1.26.